The van der Waals surface area contributed by atoms with Crippen LogP contribution in [-0.2, 0) is 10.3 Å². The number of carboxylic acid groups (broad SMARTS) is 1. The van der Waals surface area contributed by atoms with Gasteiger partial charge >= 0.3 is 5.97 Å². The number of carbonyl (C=O) groups is 1. The normalized spacial score (nSPS) is 17.8. The lowest BCUT2D eigenvalue weighted by Gasteiger charge is -2.11. The first-order valence-corrected chi connectivity index (χ1v) is 3.88. The number of nitriles is 1. The van der Waals surface area contributed by atoms with Crippen molar-refractivity contribution in [2.24, 2.45) is 0 Å². The molecule has 0 amide bonds. The van der Waals surface area contributed by atoms with Crippen molar-refractivity contribution in [1.29, 1.82) is 5.26 Å². The molecule has 5 heteroatoms. The van der Waals surface area contributed by atoms with E-state index in [0.717, 1.165) is 0 Å². The lowest BCUT2D eigenvalue weighted by Crippen LogP contribution is -2.27. The Morgan fingerprint density at radius 2 is 2.46 bits per heavy atom. The quantitative estimate of drug-likeness (QED) is 0.705. The molecule has 0 aromatic carbocycles. The minimum absolute atomic E-state index is 0.167. The second kappa shape index (κ2) is 2.33. The zero-order chi connectivity index (χ0) is 9.47. The van der Waals surface area contributed by atoms with Crippen molar-refractivity contribution in [1.82, 2.24) is 9.55 Å². The van der Waals surface area contributed by atoms with Crippen LogP contribution in [0.2, 0.25) is 0 Å². The third-order valence-corrected chi connectivity index (χ3v) is 2.32. The van der Waals surface area contributed by atoms with E-state index in [1.165, 1.54) is 10.8 Å². The number of hydrogen-bond acceptors (Lipinski definition) is 3. The second-order valence-electron chi connectivity index (χ2n) is 3.07. The van der Waals surface area contributed by atoms with Crippen LogP contribution in [-0.4, -0.2) is 20.6 Å². The molecule has 66 valence electrons. The Labute approximate surface area is 74.2 Å². The van der Waals surface area contributed by atoms with Gasteiger partial charge in [0.25, 0.3) is 0 Å². The van der Waals surface area contributed by atoms with Crippen molar-refractivity contribution in [3.63, 3.8) is 0 Å². The van der Waals surface area contributed by atoms with Crippen LogP contribution in [0.3, 0.4) is 0 Å². The fourth-order valence-corrected chi connectivity index (χ4v) is 1.41. The SMILES string of the molecule is N#Cc1nccn1C1(C(=O)O)CC1. The molecule has 1 aliphatic rings. The van der Waals surface area contributed by atoms with Crippen LogP contribution in [0.25, 0.3) is 0 Å². The summed E-state index contributed by atoms with van der Waals surface area (Å²) < 4.78 is 1.44. The highest BCUT2D eigenvalue weighted by molar-refractivity contribution is 5.80. The minimum atomic E-state index is -0.887. The molecule has 1 saturated carbocycles. The van der Waals surface area contributed by atoms with E-state index in [-0.39, 0.29) is 5.82 Å². The van der Waals surface area contributed by atoms with Gasteiger partial charge in [0.1, 0.15) is 11.6 Å². The van der Waals surface area contributed by atoms with Gasteiger partial charge in [-0.25, -0.2) is 9.78 Å². The number of nitrogens with zero attached hydrogens (tertiary/aromatic N) is 3. The highest BCUT2D eigenvalue weighted by Gasteiger charge is 2.53. The number of carboxylic acids is 1. The van der Waals surface area contributed by atoms with E-state index in [1.54, 1.807) is 6.20 Å². The average Bonchev–Trinajstić information content (AvgIpc) is 2.78. The molecule has 0 radical (unpaired) electrons. The summed E-state index contributed by atoms with van der Waals surface area (Å²) in [5.74, 6) is -0.720. The highest BCUT2D eigenvalue weighted by Crippen LogP contribution is 2.44. The van der Waals surface area contributed by atoms with Crippen LogP contribution in [0.4, 0.5) is 0 Å². The number of rotatable bonds is 2. The molecule has 0 atom stereocenters. The predicted molar refractivity (Wildman–Crippen MR) is 41.8 cm³/mol. The molecule has 0 unspecified atom stereocenters. The van der Waals surface area contributed by atoms with Crippen LogP contribution in [0.15, 0.2) is 12.4 Å². The molecular formula is C8H7N3O2. The van der Waals surface area contributed by atoms with Crippen LogP contribution in [0.1, 0.15) is 18.7 Å². The first-order valence-electron chi connectivity index (χ1n) is 3.88. The van der Waals surface area contributed by atoms with Gasteiger partial charge in [-0.15, -0.1) is 0 Å². The Bertz CT molecular complexity index is 398. The Hall–Kier alpha value is -1.83. The van der Waals surface area contributed by atoms with Crippen LogP contribution in [0, 0.1) is 11.3 Å². The van der Waals surface area contributed by atoms with E-state index < -0.39 is 11.5 Å². The molecule has 1 N–H and O–H groups in total. The minimum Gasteiger partial charge on any atom is -0.479 e. The summed E-state index contributed by atoms with van der Waals surface area (Å²) in [5, 5.41) is 17.6. The maximum Gasteiger partial charge on any atom is 0.329 e. The van der Waals surface area contributed by atoms with Gasteiger partial charge in [0.2, 0.25) is 5.82 Å². The van der Waals surface area contributed by atoms with Gasteiger partial charge in [-0.05, 0) is 12.8 Å². The van der Waals surface area contributed by atoms with Crippen molar-refractivity contribution in [2.75, 3.05) is 0 Å². The van der Waals surface area contributed by atoms with Crippen molar-refractivity contribution < 1.29 is 9.90 Å². The molecule has 0 spiro atoms. The van der Waals surface area contributed by atoms with E-state index in [4.69, 9.17) is 10.4 Å². The zero-order valence-electron chi connectivity index (χ0n) is 6.77. The van der Waals surface area contributed by atoms with Gasteiger partial charge in [0.05, 0.1) is 0 Å². The number of hydrogen-bond donors (Lipinski definition) is 1. The molecule has 13 heavy (non-hydrogen) atoms. The molecule has 1 aromatic rings. The number of imidazole rings is 1. The summed E-state index contributed by atoms with van der Waals surface area (Å²) in [6, 6.07) is 1.87. The lowest BCUT2D eigenvalue weighted by molar-refractivity contribution is -0.142. The van der Waals surface area contributed by atoms with Crippen LogP contribution >= 0.6 is 0 Å². The topological polar surface area (TPSA) is 78.9 Å². The standard InChI is InChI=1S/C8H7N3O2/c9-5-6-10-3-4-11(6)8(1-2-8)7(12)13/h3-4H,1-2H2,(H,12,13). The van der Waals surface area contributed by atoms with Gasteiger partial charge in [-0.3, -0.25) is 0 Å². The Balaban J connectivity index is 2.47. The maximum atomic E-state index is 10.9. The molecular weight excluding hydrogens is 170 g/mol. The molecule has 0 bridgehead atoms. The van der Waals surface area contributed by atoms with E-state index in [0.29, 0.717) is 12.8 Å². The van der Waals surface area contributed by atoms with E-state index >= 15 is 0 Å². The Morgan fingerprint density at radius 3 is 2.92 bits per heavy atom. The lowest BCUT2D eigenvalue weighted by atomic mass is 10.2. The Kier molecular flexibility index (Phi) is 1.40. The van der Waals surface area contributed by atoms with Gasteiger partial charge in [-0.1, -0.05) is 0 Å². The van der Waals surface area contributed by atoms with Crippen molar-refractivity contribution in [3.05, 3.63) is 18.2 Å². The fourth-order valence-electron chi connectivity index (χ4n) is 1.41. The molecule has 1 aromatic heterocycles. The summed E-state index contributed by atoms with van der Waals surface area (Å²) in [6.45, 7) is 0. The van der Waals surface area contributed by atoms with E-state index in [1.807, 2.05) is 6.07 Å². The first kappa shape index (κ1) is 7.80. The molecule has 1 aliphatic carbocycles. The summed E-state index contributed by atoms with van der Waals surface area (Å²) in [7, 11) is 0. The van der Waals surface area contributed by atoms with Crippen LogP contribution < -0.4 is 0 Å². The summed E-state index contributed by atoms with van der Waals surface area (Å²) in [4.78, 5) is 14.7. The summed E-state index contributed by atoms with van der Waals surface area (Å²) in [5.41, 5.74) is -0.887. The van der Waals surface area contributed by atoms with Gasteiger partial charge in [-0.2, -0.15) is 5.26 Å². The monoisotopic (exact) mass is 177 g/mol. The van der Waals surface area contributed by atoms with Gasteiger partial charge in [0.15, 0.2) is 0 Å². The predicted octanol–water partition coefficient (Wildman–Crippen LogP) is 0.328. The van der Waals surface area contributed by atoms with E-state index in [9.17, 15) is 4.79 Å². The van der Waals surface area contributed by atoms with Crippen LogP contribution in [0.5, 0.6) is 0 Å². The van der Waals surface area contributed by atoms with Crippen molar-refractivity contribution >= 4 is 5.97 Å². The molecule has 0 aliphatic heterocycles. The summed E-state index contributed by atoms with van der Waals surface area (Å²) in [6.07, 6.45) is 4.14. The fraction of sp³-hybridized carbons (Fsp3) is 0.375. The zero-order valence-corrected chi connectivity index (χ0v) is 6.77. The Morgan fingerprint density at radius 1 is 1.77 bits per heavy atom. The van der Waals surface area contributed by atoms with Crippen molar-refractivity contribution in [2.45, 2.75) is 18.4 Å². The maximum absolute atomic E-state index is 10.9. The average molecular weight is 177 g/mol. The molecule has 0 saturated heterocycles. The number of aromatic nitrogens is 2. The molecule has 1 heterocycles. The largest absolute Gasteiger partial charge is 0.479 e. The smallest absolute Gasteiger partial charge is 0.329 e. The third-order valence-electron chi connectivity index (χ3n) is 2.32. The highest BCUT2D eigenvalue weighted by atomic mass is 16.4. The molecule has 2 rings (SSSR count). The summed E-state index contributed by atoms with van der Waals surface area (Å²) >= 11 is 0. The first-order chi connectivity index (χ1) is 6.20. The number of aliphatic carboxylic acids is 1. The van der Waals surface area contributed by atoms with Gasteiger partial charge in [0, 0.05) is 12.4 Å². The van der Waals surface area contributed by atoms with Crippen molar-refractivity contribution in [3.8, 4) is 6.07 Å². The van der Waals surface area contributed by atoms with Gasteiger partial charge < -0.3 is 9.67 Å². The van der Waals surface area contributed by atoms with E-state index in [2.05, 4.69) is 4.98 Å². The molecule has 1 fully saturated rings. The molecule has 5 nitrogen and oxygen atoms in total. The third kappa shape index (κ3) is 0.920. The second-order valence-corrected chi connectivity index (χ2v) is 3.07.